The summed E-state index contributed by atoms with van der Waals surface area (Å²) >= 11 is 0. The van der Waals surface area contributed by atoms with E-state index in [-0.39, 0.29) is 0 Å². The van der Waals surface area contributed by atoms with E-state index in [1.54, 1.807) is 0 Å². The first-order valence-electron chi connectivity index (χ1n) is 3.39. The molecule has 0 fully saturated rings. The molecular weight excluding hydrogens is 114 g/mol. The van der Waals surface area contributed by atoms with Gasteiger partial charge in [0.15, 0.2) is 0 Å². The van der Waals surface area contributed by atoms with Crippen LogP contribution in [0.3, 0.4) is 0 Å². The number of hydrogen-bond acceptors (Lipinski definition) is 3. The molecule has 0 aromatic heterocycles. The highest BCUT2D eigenvalue weighted by Crippen LogP contribution is 2.00. The van der Waals surface area contributed by atoms with Crippen molar-refractivity contribution >= 4 is 5.84 Å². The van der Waals surface area contributed by atoms with Crippen molar-refractivity contribution in [3.63, 3.8) is 0 Å². The van der Waals surface area contributed by atoms with E-state index in [2.05, 4.69) is 22.8 Å². The highest BCUT2D eigenvalue weighted by Gasteiger charge is 2.09. The number of hydrogen-bond donors (Lipinski definition) is 2. The van der Waals surface area contributed by atoms with Crippen molar-refractivity contribution in [2.75, 3.05) is 0 Å². The molecule has 1 rings (SSSR count). The summed E-state index contributed by atoms with van der Waals surface area (Å²) in [5, 5.41) is 0. The second-order valence-electron chi connectivity index (χ2n) is 2.29. The van der Waals surface area contributed by atoms with Crippen LogP contribution in [0.25, 0.3) is 0 Å². The Morgan fingerprint density at radius 3 is 2.89 bits per heavy atom. The Bertz CT molecular complexity index is 119. The second kappa shape index (κ2) is 2.82. The molecule has 2 N–H and O–H groups in total. The van der Waals surface area contributed by atoms with Crippen LogP contribution in [-0.4, -0.2) is 12.0 Å². The third-order valence-electron chi connectivity index (χ3n) is 1.33. The molecule has 1 aliphatic heterocycles. The van der Waals surface area contributed by atoms with E-state index in [0.29, 0.717) is 6.17 Å². The summed E-state index contributed by atoms with van der Waals surface area (Å²) in [7, 11) is 0. The lowest BCUT2D eigenvalue weighted by atomic mass is 10.3. The van der Waals surface area contributed by atoms with Crippen molar-refractivity contribution in [2.45, 2.75) is 32.9 Å². The predicted octanol–water partition coefficient (Wildman–Crippen LogP) is 0.639. The van der Waals surface area contributed by atoms with Crippen LogP contribution in [0.4, 0.5) is 0 Å². The molecule has 52 valence electrons. The Morgan fingerprint density at radius 1 is 1.67 bits per heavy atom. The molecular formula is C6H13N3. The molecule has 1 atom stereocenters. The van der Waals surface area contributed by atoms with Crippen molar-refractivity contribution in [3.05, 3.63) is 0 Å². The monoisotopic (exact) mass is 127 g/mol. The Kier molecular flexibility index (Phi) is 2.05. The molecule has 9 heavy (non-hydrogen) atoms. The van der Waals surface area contributed by atoms with Gasteiger partial charge in [-0.05, 0) is 13.3 Å². The SMILES string of the molecule is CCCC1N=C(C)NN1. The molecule has 0 aromatic rings. The molecule has 0 amide bonds. The number of nitrogens with zero attached hydrogens (tertiary/aromatic N) is 1. The zero-order valence-corrected chi connectivity index (χ0v) is 5.94. The molecule has 0 saturated carbocycles. The van der Waals surface area contributed by atoms with Crippen LogP contribution in [0.15, 0.2) is 4.99 Å². The van der Waals surface area contributed by atoms with Gasteiger partial charge in [0, 0.05) is 0 Å². The maximum atomic E-state index is 4.27. The average molecular weight is 127 g/mol. The van der Waals surface area contributed by atoms with Gasteiger partial charge in [0.1, 0.15) is 12.0 Å². The standard InChI is InChI=1S/C6H13N3/c1-3-4-6-7-5(2)8-9-6/h6,9H,3-4H2,1-2H3,(H,7,8). The Labute approximate surface area is 55.5 Å². The zero-order chi connectivity index (χ0) is 6.69. The van der Waals surface area contributed by atoms with E-state index >= 15 is 0 Å². The van der Waals surface area contributed by atoms with Gasteiger partial charge in [0.05, 0.1) is 0 Å². The molecule has 0 aromatic carbocycles. The first-order valence-corrected chi connectivity index (χ1v) is 3.39. The van der Waals surface area contributed by atoms with Crippen LogP contribution >= 0.6 is 0 Å². The fourth-order valence-corrected chi connectivity index (χ4v) is 0.896. The summed E-state index contributed by atoms with van der Waals surface area (Å²) in [6, 6.07) is 0. The van der Waals surface area contributed by atoms with Crippen LogP contribution < -0.4 is 10.9 Å². The summed E-state index contributed by atoms with van der Waals surface area (Å²) in [5.41, 5.74) is 6.01. The van der Waals surface area contributed by atoms with Gasteiger partial charge >= 0.3 is 0 Å². The molecule has 1 heterocycles. The fourth-order valence-electron chi connectivity index (χ4n) is 0.896. The summed E-state index contributed by atoms with van der Waals surface area (Å²) in [4.78, 5) is 4.27. The summed E-state index contributed by atoms with van der Waals surface area (Å²) in [6.07, 6.45) is 2.61. The molecule has 0 radical (unpaired) electrons. The summed E-state index contributed by atoms with van der Waals surface area (Å²) in [5.74, 6) is 0.994. The van der Waals surface area contributed by atoms with Gasteiger partial charge in [-0.25, -0.2) is 5.43 Å². The van der Waals surface area contributed by atoms with Crippen LogP contribution in [0.1, 0.15) is 26.7 Å². The van der Waals surface area contributed by atoms with Gasteiger partial charge < -0.3 is 5.43 Å². The quantitative estimate of drug-likeness (QED) is 0.571. The highest BCUT2D eigenvalue weighted by atomic mass is 15.5. The first-order chi connectivity index (χ1) is 4.33. The third kappa shape index (κ3) is 1.68. The number of amidine groups is 1. The lowest BCUT2D eigenvalue weighted by Gasteiger charge is -2.02. The predicted molar refractivity (Wildman–Crippen MR) is 38.1 cm³/mol. The first kappa shape index (κ1) is 6.55. The van der Waals surface area contributed by atoms with Crippen molar-refractivity contribution < 1.29 is 0 Å². The van der Waals surface area contributed by atoms with Crippen molar-refractivity contribution in [1.82, 2.24) is 10.9 Å². The number of hydrazine groups is 1. The normalized spacial score (nSPS) is 25.6. The maximum Gasteiger partial charge on any atom is 0.118 e. The minimum atomic E-state index is 0.315. The molecule has 0 spiro atoms. The fraction of sp³-hybridized carbons (Fsp3) is 0.833. The van der Waals surface area contributed by atoms with E-state index in [0.717, 1.165) is 12.3 Å². The van der Waals surface area contributed by atoms with Crippen molar-refractivity contribution in [2.24, 2.45) is 4.99 Å². The van der Waals surface area contributed by atoms with Crippen LogP contribution in [0, 0.1) is 0 Å². The van der Waals surface area contributed by atoms with E-state index in [1.165, 1.54) is 6.42 Å². The van der Waals surface area contributed by atoms with Gasteiger partial charge in [-0.15, -0.1) is 0 Å². The van der Waals surface area contributed by atoms with Crippen molar-refractivity contribution in [3.8, 4) is 0 Å². The van der Waals surface area contributed by atoms with E-state index in [4.69, 9.17) is 0 Å². The summed E-state index contributed by atoms with van der Waals surface area (Å²) < 4.78 is 0. The Balaban J connectivity index is 2.29. The van der Waals surface area contributed by atoms with Gasteiger partial charge in [-0.2, -0.15) is 0 Å². The second-order valence-corrected chi connectivity index (χ2v) is 2.29. The number of aliphatic imine (C=N–C) groups is 1. The van der Waals surface area contributed by atoms with Crippen LogP contribution in [0.2, 0.25) is 0 Å². The van der Waals surface area contributed by atoms with Crippen LogP contribution in [0.5, 0.6) is 0 Å². The van der Waals surface area contributed by atoms with E-state index in [9.17, 15) is 0 Å². The molecule has 0 saturated heterocycles. The third-order valence-corrected chi connectivity index (χ3v) is 1.33. The van der Waals surface area contributed by atoms with Gasteiger partial charge in [-0.3, -0.25) is 4.99 Å². The Morgan fingerprint density at radius 2 is 2.44 bits per heavy atom. The zero-order valence-electron chi connectivity index (χ0n) is 5.94. The topological polar surface area (TPSA) is 36.4 Å². The van der Waals surface area contributed by atoms with Gasteiger partial charge in [0.2, 0.25) is 0 Å². The number of nitrogens with one attached hydrogen (secondary N) is 2. The smallest absolute Gasteiger partial charge is 0.118 e. The molecule has 3 heteroatoms. The molecule has 3 nitrogen and oxygen atoms in total. The summed E-state index contributed by atoms with van der Waals surface area (Å²) in [6.45, 7) is 4.12. The Hall–Kier alpha value is -0.570. The van der Waals surface area contributed by atoms with Crippen molar-refractivity contribution in [1.29, 1.82) is 0 Å². The lowest BCUT2D eigenvalue weighted by Crippen LogP contribution is -2.33. The molecule has 0 aliphatic carbocycles. The van der Waals surface area contributed by atoms with Gasteiger partial charge in [0.25, 0.3) is 0 Å². The largest absolute Gasteiger partial charge is 0.308 e. The molecule has 1 aliphatic rings. The maximum absolute atomic E-state index is 4.27. The minimum absolute atomic E-state index is 0.315. The van der Waals surface area contributed by atoms with E-state index in [1.807, 2.05) is 6.92 Å². The average Bonchev–Trinajstić information content (AvgIpc) is 2.17. The molecule has 1 unspecified atom stereocenters. The van der Waals surface area contributed by atoms with Gasteiger partial charge in [-0.1, -0.05) is 13.3 Å². The van der Waals surface area contributed by atoms with E-state index < -0.39 is 0 Å². The minimum Gasteiger partial charge on any atom is -0.308 e. The number of rotatable bonds is 2. The highest BCUT2D eigenvalue weighted by molar-refractivity contribution is 5.80. The van der Waals surface area contributed by atoms with Crippen LogP contribution in [-0.2, 0) is 0 Å². The lowest BCUT2D eigenvalue weighted by molar-refractivity contribution is 0.507. The molecule has 0 bridgehead atoms.